The average molecular weight is 256 g/mol. The van der Waals surface area contributed by atoms with E-state index in [2.05, 4.69) is 5.16 Å². The summed E-state index contributed by atoms with van der Waals surface area (Å²) < 4.78 is 10.1. The third-order valence-corrected chi connectivity index (χ3v) is 2.69. The molecule has 0 bridgehead atoms. The van der Waals surface area contributed by atoms with E-state index in [0.29, 0.717) is 28.5 Å². The van der Waals surface area contributed by atoms with Gasteiger partial charge in [0.05, 0.1) is 24.2 Å². The zero-order valence-electron chi connectivity index (χ0n) is 9.07. The summed E-state index contributed by atoms with van der Waals surface area (Å²) >= 11 is 5.98. The lowest BCUT2D eigenvalue weighted by molar-refractivity contribution is -0.136. The number of methoxy groups -OCH3 is 1. The van der Waals surface area contributed by atoms with Crippen molar-refractivity contribution in [3.8, 4) is 5.75 Å². The van der Waals surface area contributed by atoms with Gasteiger partial charge in [-0.2, -0.15) is 0 Å². The molecule has 0 fully saturated rings. The highest BCUT2D eigenvalue weighted by Crippen LogP contribution is 2.31. The fourth-order valence-corrected chi connectivity index (χ4v) is 1.79. The molecule has 0 aliphatic carbocycles. The van der Waals surface area contributed by atoms with Crippen molar-refractivity contribution in [1.29, 1.82) is 0 Å². The molecule has 0 aliphatic heterocycles. The van der Waals surface area contributed by atoms with Gasteiger partial charge in [-0.3, -0.25) is 4.79 Å². The van der Waals surface area contributed by atoms with Crippen molar-refractivity contribution in [3.05, 3.63) is 22.8 Å². The van der Waals surface area contributed by atoms with Crippen LogP contribution in [0.4, 0.5) is 0 Å². The molecule has 0 unspecified atom stereocenters. The summed E-state index contributed by atoms with van der Waals surface area (Å²) in [5.41, 5.74) is 1.12. The number of aryl methyl sites for hydroxylation is 1. The number of hydrogen-bond donors (Lipinski definition) is 1. The van der Waals surface area contributed by atoms with Crippen LogP contribution in [0.2, 0.25) is 5.02 Å². The Balaban J connectivity index is 2.39. The number of carbonyl (C=O) groups is 1. The Kier molecular flexibility index (Phi) is 3.19. The van der Waals surface area contributed by atoms with Crippen molar-refractivity contribution < 1.29 is 19.2 Å². The van der Waals surface area contributed by atoms with Crippen molar-refractivity contribution in [3.63, 3.8) is 0 Å². The normalized spacial score (nSPS) is 10.7. The lowest BCUT2D eigenvalue weighted by atomic mass is 10.1. The van der Waals surface area contributed by atoms with Gasteiger partial charge in [0, 0.05) is 17.9 Å². The van der Waals surface area contributed by atoms with Gasteiger partial charge in [0.1, 0.15) is 5.75 Å². The molecule has 0 atom stereocenters. The van der Waals surface area contributed by atoms with Crippen LogP contribution in [0.25, 0.3) is 11.0 Å². The van der Waals surface area contributed by atoms with Crippen LogP contribution in [0.5, 0.6) is 5.75 Å². The van der Waals surface area contributed by atoms with Gasteiger partial charge in [-0.1, -0.05) is 16.8 Å². The van der Waals surface area contributed by atoms with Crippen LogP contribution in [0, 0.1) is 0 Å². The molecule has 1 aromatic carbocycles. The van der Waals surface area contributed by atoms with Crippen LogP contribution in [0.15, 0.2) is 16.7 Å². The highest BCUT2D eigenvalue weighted by molar-refractivity contribution is 6.32. The SMILES string of the molecule is COc1cc2onc(CCC(=O)O)c2cc1Cl. The van der Waals surface area contributed by atoms with Gasteiger partial charge >= 0.3 is 5.97 Å². The Labute approximate surface area is 102 Å². The number of nitrogens with zero attached hydrogens (tertiary/aromatic N) is 1. The zero-order chi connectivity index (χ0) is 12.4. The molecule has 6 heteroatoms. The number of aromatic nitrogens is 1. The summed E-state index contributed by atoms with van der Waals surface area (Å²) in [6, 6.07) is 3.30. The van der Waals surface area contributed by atoms with Gasteiger partial charge in [-0.15, -0.1) is 0 Å². The van der Waals surface area contributed by atoms with Gasteiger partial charge in [-0.25, -0.2) is 0 Å². The monoisotopic (exact) mass is 255 g/mol. The van der Waals surface area contributed by atoms with Crippen molar-refractivity contribution >= 4 is 28.5 Å². The van der Waals surface area contributed by atoms with Crippen LogP contribution in [0.3, 0.4) is 0 Å². The summed E-state index contributed by atoms with van der Waals surface area (Å²) in [5, 5.41) is 13.6. The van der Waals surface area contributed by atoms with Gasteiger partial charge in [-0.05, 0) is 6.07 Å². The number of ether oxygens (including phenoxy) is 1. The van der Waals surface area contributed by atoms with Crippen molar-refractivity contribution in [1.82, 2.24) is 5.16 Å². The molecule has 1 heterocycles. The number of fused-ring (bicyclic) bond motifs is 1. The number of halogens is 1. The maximum atomic E-state index is 10.5. The molecule has 90 valence electrons. The molecule has 17 heavy (non-hydrogen) atoms. The number of carboxylic acids is 1. The molecule has 0 saturated heterocycles. The van der Waals surface area contributed by atoms with Crippen molar-refractivity contribution in [2.75, 3.05) is 7.11 Å². The second-order valence-corrected chi connectivity index (χ2v) is 3.91. The molecule has 0 radical (unpaired) electrons. The number of rotatable bonds is 4. The molecule has 1 N–H and O–H groups in total. The van der Waals surface area contributed by atoms with Gasteiger partial charge in [0.2, 0.25) is 0 Å². The van der Waals surface area contributed by atoms with E-state index in [1.54, 1.807) is 12.1 Å². The first-order valence-corrected chi connectivity index (χ1v) is 5.33. The van der Waals surface area contributed by atoms with Crippen LogP contribution in [-0.2, 0) is 11.2 Å². The van der Waals surface area contributed by atoms with Crippen LogP contribution in [-0.4, -0.2) is 23.3 Å². The Bertz CT molecular complexity index is 564. The largest absolute Gasteiger partial charge is 0.495 e. The molecular weight excluding hydrogens is 246 g/mol. The fraction of sp³-hybridized carbons (Fsp3) is 0.273. The van der Waals surface area contributed by atoms with E-state index >= 15 is 0 Å². The first-order chi connectivity index (χ1) is 8.11. The molecule has 2 aromatic rings. The van der Waals surface area contributed by atoms with Crippen LogP contribution >= 0.6 is 11.6 Å². The van der Waals surface area contributed by atoms with Crippen LogP contribution < -0.4 is 4.74 Å². The molecule has 0 saturated carbocycles. The third-order valence-electron chi connectivity index (χ3n) is 2.39. The minimum Gasteiger partial charge on any atom is -0.495 e. The second kappa shape index (κ2) is 4.63. The predicted octanol–water partition coefficient (Wildman–Crippen LogP) is 2.51. The number of aliphatic carboxylic acids is 1. The Morgan fingerprint density at radius 3 is 3.00 bits per heavy atom. The zero-order valence-corrected chi connectivity index (χ0v) is 9.82. The highest BCUT2D eigenvalue weighted by atomic mass is 35.5. The third kappa shape index (κ3) is 2.34. The van der Waals surface area contributed by atoms with Crippen LogP contribution in [0.1, 0.15) is 12.1 Å². The molecule has 0 amide bonds. The Morgan fingerprint density at radius 1 is 1.59 bits per heavy atom. The first-order valence-electron chi connectivity index (χ1n) is 4.95. The minimum atomic E-state index is -0.874. The van der Waals surface area contributed by atoms with Gasteiger partial charge in [0.15, 0.2) is 5.58 Å². The Morgan fingerprint density at radius 2 is 2.35 bits per heavy atom. The molecule has 0 aliphatic rings. The maximum Gasteiger partial charge on any atom is 0.303 e. The van der Waals surface area contributed by atoms with E-state index in [1.165, 1.54) is 7.11 Å². The van der Waals surface area contributed by atoms with E-state index in [-0.39, 0.29) is 6.42 Å². The molecule has 2 rings (SSSR count). The smallest absolute Gasteiger partial charge is 0.303 e. The molecule has 5 nitrogen and oxygen atoms in total. The van der Waals surface area contributed by atoms with Crippen molar-refractivity contribution in [2.45, 2.75) is 12.8 Å². The summed E-state index contributed by atoms with van der Waals surface area (Å²) in [5.74, 6) is -0.374. The van der Waals surface area contributed by atoms with E-state index < -0.39 is 5.97 Å². The summed E-state index contributed by atoms with van der Waals surface area (Å²) in [7, 11) is 1.51. The molecular formula is C11H10ClNO4. The van der Waals surface area contributed by atoms with Gasteiger partial charge < -0.3 is 14.4 Å². The lowest BCUT2D eigenvalue weighted by Crippen LogP contribution is -1.97. The van der Waals surface area contributed by atoms with E-state index in [9.17, 15) is 4.79 Å². The predicted molar refractivity (Wildman–Crippen MR) is 61.5 cm³/mol. The van der Waals surface area contributed by atoms with E-state index in [0.717, 1.165) is 5.39 Å². The topological polar surface area (TPSA) is 72.6 Å². The quantitative estimate of drug-likeness (QED) is 0.909. The molecule has 1 aromatic heterocycles. The first kappa shape index (κ1) is 11.7. The summed E-state index contributed by atoms with van der Waals surface area (Å²) in [6.45, 7) is 0. The summed E-state index contributed by atoms with van der Waals surface area (Å²) in [6.07, 6.45) is 0.316. The maximum absolute atomic E-state index is 10.5. The summed E-state index contributed by atoms with van der Waals surface area (Å²) in [4.78, 5) is 10.5. The van der Waals surface area contributed by atoms with E-state index in [1.807, 2.05) is 0 Å². The Hall–Kier alpha value is -1.75. The fourth-order valence-electron chi connectivity index (χ4n) is 1.55. The standard InChI is InChI=1S/C11H10ClNO4/c1-16-10-5-9-6(4-7(10)12)8(13-17-9)2-3-11(14)15/h4-5H,2-3H2,1H3,(H,14,15). The molecule has 0 spiro atoms. The lowest BCUT2D eigenvalue weighted by Gasteiger charge is -2.01. The minimum absolute atomic E-state index is 0.00524. The highest BCUT2D eigenvalue weighted by Gasteiger charge is 2.13. The average Bonchev–Trinajstić information content (AvgIpc) is 2.67. The van der Waals surface area contributed by atoms with Gasteiger partial charge in [0.25, 0.3) is 0 Å². The number of hydrogen-bond acceptors (Lipinski definition) is 4. The number of carboxylic acid groups (broad SMARTS) is 1. The van der Waals surface area contributed by atoms with Crippen molar-refractivity contribution in [2.24, 2.45) is 0 Å². The number of benzene rings is 1. The van der Waals surface area contributed by atoms with E-state index in [4.69, 9.17) is 26.0 Å². The second-order valence-electron chi connectivity index (χ2n) is 3.51.